The second kappa shape index (κ2) is 10.2. The van der Waals surface area contributed by atoms with Gasteiger partial charge in [0, 0.05) is 11.8 Å². The largest absolute Gasteiger partial charge is 0.481 e. The van der Waals surface area contributed by atoms with Gasteiger partial charge in [-0.15, -0.1) is 0 Å². The first-order chi connectivity index (χ1) is 20.1. The van der Waals surface area contributed by atoms with E-state index >= 15 is 0 Å². The number of carboxylic acids is 1. The molecular formula is C39H56O4. The van der Waals surface area contributed by atoms with Crippen LogP contribution in [0.4, 0.5) is 0 Å². The van der Waals surface area contributed by atoms with Crippen LogP contribution in [0.15, 0.2) is 42.0 Å². The SMILES string of the molecule is CC1(C)CC[C@]2(C(=O)O)CC[C@]3(C)C(=CC[C@@H]4[C@@]5(C)CC[C@H](OC(=O)CCc6ccccc6)C(C)(C)C5CC[C@]43C)[C@@H]2C1. The van der Waals surface area contributed by atoms with Crippen molar-refractivity contribution >= 4 is 11.9 Å². The minimum absolute atomic E-state index is 0.0336. The molecular weight excluding hydrogens is 532 g/mol. The summed E-state index contributed by atoms with van der Waals surface area (Å²) in [4.78, 5) is 26.0. The van der Waals surface area contributed by atoms with Crippen LogP contribution in [0.3, 0.4) is 0 Å². The van der Waals surface area contributed by atoms with Gasteiger partial charge in [-0.25, -0.2) is 0 Å². The van der Waals surface area contributed by atoms with Gasteiger partial charge in [-0.2, -0.15) is 0 Å². The van der Waals surface area contributed by atoms with Gasteiger partial charge in [0.1, 0.15) is 6.10 Å². The number of carboxylic acid groups (broad SMARTS) is 1. The van der Waals surface area contributed by atoms with E-state index in [0.717, 1.165) is 64.2 Å². The average molecular weight is 589 g/mol. The Labute approximate surface area is 260 Å². The molecule has 5 aliphatic carbocycles. The van der Waals surface area contributed by atoms with E-state index in [1.807, 2.05) is 18.2 Å². The van der Waals surface area contributed by atoms with Crippen molar-refractivity contribution in [2.45, 2.75) is 132 Å². The topological polar surface area (TPSA) is 63.6 Å². The maximum Gasteiger partial charge on any atom is 0.310 e. The molecule has 1 aromatic carbocycles. The Hall–Kier alpha value is -2.10. The summed E-state index contributed by atoms with van der Waals surface area (Å²) in [5.41, 5.74) is 2.53. The number of fused-ring (bicyclic) bond motifs is 7. The fourth-order valence-electron chi connectivity index (χ4n) is 11.9. The van der Waals surface area contributed by atoms with Crippen LogP contribution in [-0.2, 0) is 20.7 Å². The number of benzene rings is 1. The summed E-state index contributed by atoms with van der Waals surface area (Å²) in [6.45, 7) is 17.1. The molecule has 1 aromatic rings. The van der Waals surface area contributed by atoms with Crippen LogP contribution in [0.1, 0.15) is 125 Å². The van der Waals surface area contributed by atoms with E-state index in [4.69, 9.17) is 4.74 Å². The van der Waals surface area contributed by atoms with Crippen molar-refractivity contribution in [1.82, 2.24) is 0 Å². The molecule has 8 atom stereocenters. The molecule has 0 saturated heterocycles. The van der Waals surface area contributed by atoms with Crippen molar-refractivity contribution in [2.75, 3.05) is 0 Å². The number of carbonyl (C=O) groups is 2. The minimum Gasteiger partial charge on any atom is -0.481 e. The van der Waals surface area contributed by atoms with E-state index in [1.165, 1.54) is 17.6 Å². The number of hydrogen-bond acceptors (Lipinski definition) is 3. The highest BCUT2D eigenvalue weighted by Crippen LogP contribution is 2.75. The zero-order chi connectivity index (χ0) is 31.1. The molecule has 0 aromatic heterocycles. The van der Waals surface area contributed by atoms with Crippen molar-refractivity contribution in [1.29, 1.82) is 0 Å². The summed E-state index contributed by atoms with van der Waals surface area (Å²) in [5, 5.41) is 10.6. The van der Waals surface area contributed by atoms with Gasteiger partial charge >= 0.3 is 11.9 Å². The zero-order valence-electron chi connectivity index (χ0n) is 27.9. The molecule has 6 rings (SSSR count). The summed E-state index contributed by atoms with van der Waals surface area (Å²) in [7, 11) is 0. The fourth-order valence-corrected chi connectivity index (χ4v) is 11.9. The van der Waals surface area contributed by atoms with Gasteiger partial charge in [-0.05, 0) is 116 Å². The Balaban J connectivity index is 1.25. The molecule has 4 fully saturated rings. The number of carbonyl (C=O) groups excluding carboxylic acids is 1. The summed E-state index contributed by atoms with van der Waals surface area (Å²) in [5.74, 6) is 0.571. The third-order valence-corrected chi connectivity index (χ3v) is 14.7. The number of allylic oxidation sites excluding steroid dienone is 2. The van der Waals surface area contributed by atoms with Crippen LogP contribution in [0.25, 0.3) is 0 Å². The molecule has 0 amide bonds. The Morgan fingerprint density at radius 2 is 1.56 bits per heavy atom. The fraction of sp³-hybridized carbons (Fsp3) is 0.744. The van der Waals surface area contributed by atoms with Crippen LogP contribution in [0, 0.1) is 50.2 Å². The van der Waals surface area contributed by atoms with Gasteiger partial charge < -0.3 is 9.84 Å². The summed E-state index contributed by atoms with van der Waals surface area (Å²) < 4.78 is 6.29. The lowest BCUT2D eigenvalue weighted by atomic mass is 9.33. The molecule has 0 spiro atoms. The predicted octanol–water partition coefficient (Wildman–Crippen LogP) is 9.42. The van der Waals surface area contributed by atoms with Gasteiger partial charge in [0.2, 0.25) is 0 Å². The zero-order valence-corrected chi connectivity index (χ0v) is 27.9. The Morgan fingerprint density at radius 3 is 2.26 bits per heavy atom. The first kappa shape index (κ1) is 30.9. The molecule has 4 nitrogen and oxygen atoms in total. The molecule has 0 bridgehead atoms. The Bertz CT molecular complexity index is 1290. The molecule has 43 heavy (non-hydrogen) atoms. The van der Waals surface area contributed by atoms with Gasteiger partial charge in [-0.1, -0.05) is 90.4 Å². The summed E-state index contributed by atoms with van der Waals surface area (Å²) in [6.07, 6.45) is 13.7. The van der Waals surface area contributed by atoms with E-state index in [0.29, 0.717) is 18.3 Å². The first-order valence-corrected chi connectivity index (χ1v) is 17.3. The van der Waals surface area contributed by atoms with Gasteiger partial charge in [0.05, 0.1) is 5.41 Å². The third-order valence-electron chi connectivity index (χ3n) is 14.7. The quantitative estimate of drug-likeness (QED) is 0.275. The lowest BCUT2D eigenvalue weighted by Gasteiger charge is -2.71. The second-order valence-electron chi connectivity index (χ2n) is 17.5. The average Bonchev–Trinajstić information content (AvgIpc) is 2.94. The van der Waals surface area contributed by atoms with Gasteiger partial charge in [0.25, 0.3) is 0 Å². The first-order valence-electron chi connectivity index (χ1n) is 17.3. The molecule has 236 valence electrons. The van der Waals surface area contributed by atoms with Crippen molar-refractivity contribution in [2.24, 2.45) is 50.2 Å². The van der Waals surface area contributed by atoms with Crippen LogP contribution in [0.5, 0.6) is 0 Å². The van der Waals surface area contributed by atoms with E-state index in [1.54, 1.807) is 0 Å². The second-order valence-corrected chi connectivity index (χ2v) is 17.5. The van der Waals surface area contributed by atoms with E-state index in [9.17, 15) is 14.7 Å². The molecule has 1 N–H and O–H groups in total. The molecule has 5 aliphatic rings. The standard InChI is InChI=1S/C39H56O4/c1-34(2)21-23-39(33(41)42)24-22-37(6)27(28(39)25-34)14-15-30-36(5)19-18-31(35(3,4)29(36)17-20-38(30,37)7)43-32(40)16-13-26-11-9-8-10-12-26/h8-12,14,28-31H,13,15-25H2,1-7H3,(H,41,42)/t28-,29?,30+,31-,36-,37+,38+,39-/m0/s1. The Kier molecular flexibility index (Phi) is 7.34. The van der Waals surface area contributed by atoms with Crippen LogP contribution in [-0.4, -0.2) is 23.1 Å². The van der Waals surface area contributed by atoms with E-state index < -0.39 is 11.4 Å². The molecule has 0 heterocycles. The van der Waals surface area contributed by atoms with Crippen molar-refractivity contribution < 1.29 is 19.4 Å². The molecule has 1 unspecified atom stereocenters. The molecule has 4 saturated carbocycles. The molecule has 0 aliphatic heterocycles. The Morgan fingerprint density at radius 1 is 0.860 bits per heavy atom. The highest BCUT2D eigenvalue weighted by molar-refractivity contribution is 5.76. The number of rotatable bonds is 5. The maximum atomic E-state index is 13.1. The maximum absolute atomic E-state index is 13.1. The number of esters is 1. The van der Waals surface area contributed by atoms with Crippen LogP contribution >= 0.6 is 0 Å². The van der Waals surface area contributed by atoms with Crippen molar-refractivity contribution in [3.8, 4) is 0 Å². The normalized spacial score (nSPS) is 42.7. The molecule has 4 heteroatoms. The van der Waals surface area contributed by atoms with Crippen molar-refractivity contribution in [3.63, 3.8) is 0 Å². The lowest BCUT2D eigenvalue weighted by Crippen LogP contribution is -2.65. The third kappa shape index (κ3) is 4.58. The van der Waals surface area contributed by atoms with Crippen molar-refractivity contribution in [3.05, 3.63) is 47.5 Å². The number of aliphatic carboxylic acids is 1. The monoisotopic (exact) mass is 588 g/mol. The van der Waals surface area contributed by atoms with Crippen LogP contribution < -0.4 is 0 Å². The number of ether oxygens (including phenoxy) is 1. The highest BCUT2D eigenvalue weighted by Gasteiger charge is 2.69. The molecule has 0 radical (unpaired) electrons. The smallest absolute Gasteiger partial charge is 0.310 e. The summed E-state index contributed by atoms with van der Waals surface area (Å²) >= 11 is 0. The highest BCUT2D eigenvalue weighted by atomic mass is 16.5. The lowest BCUT2D eigenvalue weighted by molar-refractivity contribution is -0.213. The summed E-state index contributed by atoms with van der Waals surface area (Å²) in [6, 6.07) is 10.2. The minimum atomic E-state index is -0.588. The van der Waals surface area contributed by atoms with Gasteiger partial charge in [-0.3, -0.25) is 9.59 Å². The number of aryl methyl sites for hydroxylation is 1. The van der Waals surface area contributed by atoms with E-state index in [2.05, 4.69) is 66.7 Å². The predicted molar refractivity (Wildman–Crippen MR) is 171 cm³/mol. The van der Waals surface area contributed by atoms with E-state index in [-0.39, 0.29) is 45.1 Å². The van der Waals surface area contributed by atoms with Gasteiger partial charge in [0.15, 0.2) is 0 Å². The number of hydrogen-bond donors (Lipinski definition) is 1. The van der Waals surface area contributed by atoms with Crippen LogP contribution in [0.2, 0.25) is 0 Å².